The van der Waals surface area contributed by atoms with Crippen molar-refractivity contribution < 1.29 is 14.9 Å². The molecule has 0 atom stereocenters. The van der Waals surface area contributed by atoms with E-state index in [1.807, 2.05) is 24.3 Å². The molecule has 0 radical (unpaired) electrons. The Bertz CT molecular complexity index is 862. The Morgan fingerprint density at radius 3 is 2.41 bits per heavy atom. The second kappa shape index (κ2) is 9.17. The highest BCUT2D eigenvalue weighted by atomic mass is 79.9. The zero-order valence-corrected chi connectivity index (χ0v) is 17.0. The number of benzene rings is 2. The molecule has 1 saturated heterocycles. The van der Waals surface area contributed by atoms with E-state index in [0.29, 0.717) is 23.7 Å². The molecule has 0 spiro atoms. The predicted octanol–water partition coefficient (Wildman–Crippen LogP) is 2.28. The van der Waals surface area contributed by atoms with Crippen molar-refractivity contribution in [3.05, 3.63) is 74.9 Å². The van der Waals surface area contributed by atoms with E-state index in [-0.39, 0.29) is 11.6 Å². The van der Waals surface area contributed by atoms with Crippen molar-refractivity contribution in [1.29, 1.82) is 0 Å². The Morgan fingerprint density at radius 2 is 1.74 bits per heavy atom. The minimum atomic E-state index is -0.402. The Labute approximate surface area is 171 Å². The molecule has 7 heteroatoms. The maximum Gasteiger partial charge on any atom is 0.270 e. The van der Waals surface area contributed by atoms with Crippen LogP contribution in [0.4, 0.5) is 0 Å². The van der Waals surface area contributed by atoms with Crippen molar-refractivity contribution in [3.63, 3.8) is 0 Å². The van der Waals surface area contributed by atoms with Crippen LogP contribution in [0.25, 0.3) is 6.08 Å². The predicted molar refractivity (Wildman–Crippen MR) is 109 cm³/mol. The maximum absolute atomic E-state index is 13.0. The molecule has 2 aromatic rings. The largest absolute Gasteiger partial charge is 0.343 e. The molecule has 3 N–H and O–H groups in total. The highest BCUT2D eigenvalue weighted by molar-refractivity contribution is 9.10. The smallest absolute Gasteiger partial charge is 0.270 e. The molecule has 1 aliphatic heterocycles. The maximum atomic E-state index is 13.0. The van der Waals surface area contributed by atoms with Gasteiger partial charge >= 0.3 is 0 Å². The number of carbonyl (C=O) groups excluding carboxylic acids is 2. The van der Waals surface area contributed by atoms with Gasteiger partial charge in [-0.15, -0.1) is 0 Å². The molecule has 1 fully saturated rings. The van der Waals surface area contributed by atoms with Gasteiger partial charge in [-0.25, -0.2) is 0 Å². The van der Waals surface area contributed by atoms with E-state index in [1.54, 1.807) is 35.2 Å². The summed E-state index contributed by atoms with van der Waals surface area (Å²) in [5, 5.41) is 5.28. The highest BCUT2D eigenvalue weighted by Gasteiger charge is 2.24. The fourth-order valence-corrected chi connectivity index (χ4v) is 3.32. The summed E-state index contributed by atoms with van der Waals surface area (Å²) < 4.78 is 0.944. The third kappa shape index (κ3) is 5.19. The average Bonchev–Trinajstić information content (AvgIpc) is 2.69. The lowest BCUT2D eigenvalue weighted by molar-refractivity contribution is -0.662. The summed E-state index contributed by atoms with van der Waals surface area (Å²) in [6.07, 6.45) is 1.70. The summed E-state index contributed by atoms with van der Waals surface area (Å²) in [6, 6.07) is 14.3. The van der Waals surface area contributed by atoms with E-state index >= 15 is 0 Å². The number of nitrogens with one attached hydrogen (secondary N) is 1. The van der Waals surface area contributed by atoms with Gasteiger partial charge in [0.05, 0.1) is 36.8 Å². The number of nitrogens with zero attached hydrogens (tertiary/aromatic N) is 1. The molecular formula is C20H20BrClN3O2+. The third-order valence-corrected chi connectivity index (χ3v) is 5.13. The van der Waals surface area contributed by atoms with E-state index in [0.717, 1.165) is 23.1 Å². The van der Waals surface area contributed by atoms with Crippen LogP contribution in [0.2, 0.25) is 5.02 Å². The standard InChI is InChI=1S/C20H19BrClN3O2/c21-15-7-5-14(6-8-15)13-18(20(27)25-11-9-23-10-12-25)24-19(26)16-3-1-2-4-17(16)22/h1-8,13,23H,9-12H2,(H,24,26)/p+1/b18-13+. The van der Waals surface area contributed by atoms with Gasteiger partial charge < -0.3 is 15.5 Å². The van der Waals surface area contributed by atoms with Crippen molar-refractivity contribution in [2.45, 2.75) is 0 Å². The second-order valence-corrected chi connectivity index (χ2v) is 7.52. The van der Waals surface area contributed by atoms with Gasteiger partial charge in [-0.2, -0.15) is 0 Å². The van der Waals surface area contributed by atoms with Crippen LogP contribution in [0.15, 0.2) is 58.7 Å². The van der Waals surface area contributed by atoms with Crippen LogP contribution in [-0.4, -0.2) is 42.9 Å². The van der Waals surface area contributed by atoms with E-state index in [9.17, 15) is 9.59 Å². The van der Waals surface area contributed by atoms with Crippen LogP contribution >= 0.6 is 27.5 Å². The number of amides is 2. The molecule has 0 bridgehead atoms. The number of halogens is 2. The summed E-state index contributed by atoms with van der Waals surface area (Å²) in [7, 11) is 0. The van der Waals surface area contributed by atoms with Crippen LogP contribution < -0.4 is 10.6 Å². The first-order valence-corrected chi connectivity index (χ1v) is 9.86. The monoisotopic (exact) mass is 448 g/mol. The van der Waals surface area contributed by atoms with Gasteiger partial charge in [-0.3, -0.25) is 9.59 Å². The number of hydrogen-bond acceptors (Lipinski definition) is 2. The third-order valence-electron chi connectivity index (χ3n) is 4.27. The molecule has 3 rings (SSSR count). The molecule has 1 aliphatic rings. The number of rotatable bonds is 4. The summed E-state index contributed by atoms with van der Waals surface area (Å²) in [5.74, 6) is -0.590. The number of quaternary nitrogens is 1. The average molecular weight is 450 g/mol. The van der Waals surface area contributed by atoms with Gasteiger partial charge in [-0.05, 0) is 35.9 Å². The van der Waals surface area contributed by atoms with Crippen LogP contribution in [0, 0.1) is 0 Å². The molecule has 0 aromatic heterocycles. The first kappa shape index (κ1) is 19.6. The number of piperazine rings is 1. The molecule has 2 amide bonds. The molecule has 0 aliphatic carbocycles. The fraction of sp³-hybridized carbons (Fsp3) is 0.200. The van der Waals surface area contributed by atoms with Gasteiger partial charge in [0.1, 0.15) is 5.70 Å². The molecule has 1 heterocycles. The first-order chi connectivity index (χ1) is 13.0. The molecule has 27 heavy (non-hydrogen) atoms. The number of nitrogens with two attached hydrogens (primary N) is 1. The van der Waals surface area contributed by atoms with E-state index < -0.39 is 5.91 Å². The van der Waals surface area contributed by atoms with Gasteiger partial charge in [-0.1, -0.05) is 51.8 Å². The normalized spacial score (nSPS) is 14.7. The van der Waals surface area contributed by atoms with E-state index in [2.05, 4.69) is 26.6 Å². The SMILES string of the molecule is O=C(N/C(=C/c1ccc(Br)cc1)C(=O)N1CC[NH2+]CC1)c1ccccc1Cl. The lowest BCUT2D eigenvalue weighted by Gasteiger charge is -2.26. The zero-order valence-electron chi connectivity index (χ0n) is 14.6. The van der Waals surface area contributed by atoms with Gasteiger partial charge in [0.2, 0.25) is 0 Å². The van der Waals surface area contributed by atoms with Crippen molar-refractivity contribution in [2.24, 2.45) is 0 Å². The molecule has 5 nitrogen and oxygen atoms in total. The molecular weight excluding hydrogens is 430 g/mol. The van der Waals surface area contributed by atoms with Gasteiger partial charge in [0.25, 0.3) is 11.8 Å². The Morgan fingerprint density at radius 1 is 1.07 bits per heavy atom. The van der Waals surface area contributed by atoms with Crippen LogP contribution in [0.1, 0.15) is 15.9 Å². The fourth-order valence-electron chi connectivity index (χ4n) is 2.84. The second-order valence-electron chi connectivity index (χ2n) is 6.20. The Kier molecular flexibility index (Phi) is 6.66. The Balaban J connectivity index is 1.89. The van der Waals surface area contributed by atoms with Crippen molar-refractivity contribution in [2.75, 3.05) is 26.2 Å². The van der Waals surface area contributed by atoms with Gasteiger partial charge in [0.15, 0.2) is 0 Å². The minimum absolute atomic E-state index is 0.188. The molecule has 0 saturated carbocycles. The van der Waals surface area contributed by atoms with Crippen LogP contribution in [0.3, 0.4) is 0 Å². The van der Waals surface area contributed by atoms with E-state index in [1.165, 1.54) is 0 Å². The highest BCUT2D eigenvalue weighted by Crippen LogP contribution is 2.17. The zero-order chi connectivity index (χ0) is 19.2. The van der Waals surface area contributed by atoms with Crippen molar-refractivity contribution >= 4 is 45.4 Å². The van der Waals surface area contributed by atoms with Crippen LogP contribution in [-0.2, 0) is 4.79 Å². The number of carbonyl (C=O) groups is 2. The molecule has 140 valence electrons. The summed E-state index contributed by atoms with van der Waals surface area (Å²) in [5.41, 5.74) is 1.40. The molecule has 0 unspecified atom stereocenters. The summed E-state index contributed by atoms with van der Waals surface area (Å²) in [6.45, 7) is 3.02. The molecule has 2 aromatic carbocycles. The Hall–Kier alpha value is -2.15. The van der Waals surface area contributed by atoms with Gasteiger partial charge in [0, 0.05) is 4.47 Å². The topological polar surface area (TPSA) is 66.0 Å². The lowest BCUT2D eigenvalue weighted by Crippen LogP contribution is -2.90. The lowest BCUT2D eigenvalue weighted by atomic mass is 10.1. The van der Waals surface area contributed by atoms with Crippen molar-refractivity contribution in [1.82, 2.24) is 10.2 Å². The minimum Gasteiger partial charge on any atom is -0.343 e. The summed E-state index contributed by atoms with van der Waals surface area (Å²) >= 11 is 9.52. The number of hydrogen-bond donors (Lipinski definition) is 2. The quantitative estimate of drug-likeness (QED) is 0.703. The van der Waals surface area contributed by atoms with E-state index in [4.69, 9.17) is 11.6 Å². The summed E-state index contributed by atoms with van der Waals surface area (Å²) in [4.78, 5) is 27.5. The van der Waals surface area contributed by atoms with Crippen molar-refractivity contribution in [3.8, 4) is 0 Å². The van der Waals surface area contributed by atoms with Crippen LogP contribution in [0.5, 0.6) is 0 Å². The first-order valence-electron chi connectivity index (χ1n) is 8.68.